The second-order valence-electron chi connectivity index (χ2n) is 3.89. The van der Waals surface area contributed by atoms with Crippen molar-refractivity contribution in [2.75, 3.05) is 5.32 Å². The van der Waals surface area contributed by atoms with Crippen molar-refractivity contribution in [3.8, 4) is 6.07 Å². The summed E-state index contributed by atoms with van der Waals surface area (Å²) in [5.74, 6) is 0. The van der Waals surface area contributed by atoms with Crippen LogP contribution in [-0.4, -0.2) is 14.3 Å². The van der Waals surface area contributed by atoms with Crippen molar-refractivity contribution in [2.45, 2.75) is 20.0 Å². The van der Waals surface area contributed by atoms with Gasteiger partial charge in [-0.25, -0.2) is 0 Å². The van der Waals surface area contributed by atoms with Gasteiger partial charge in [-0.05, 0) is 18.6 Å². The van der Waals surface area contributed by atoms with E-state index in [0.717, 1.165) is 17.8 Å². The van der Waals surface area contributed by atoms with Crippen LogP contribution in [0, 0.1) is 11.3 Å². The van der Waals surface area contributed by atoms with Gasteiger partial charge in [0.2, 0.25) is 0 Å². The van der Waals surface area contributed by atoms with Gasteiger partial charge in [0.15, 0.2) is 0 Å². The van der Waals surface area contributed by atoms with Gasteiger partial charge in [0.1, 0.15) is 11.8 Å². The Hall–Kier alpha value is -2.22. The maximum absolute atomic E-state index is 8.85. The Labute approximate surface area is 100 Å². The van der Waals surface area contributed by atoms with Gasteiger partial charge in [0.25, 0.3) is 0 Å². The van der Waals surface area contributed by atoms with Crippen molar-refractivity contribution < 1.29 is 0 Å². The number of nitrogens with one attached hydrogen (secondary N) is 1. The van der Waals surface area contributed by atoms with E-state index in [-0.39, 0.29) is 0 Å². The maximum atomic E-state index is 8.85. The molecular formula is C12H15N5. The molecule has 0 saturated carbocycles. The molecule has 0 unspecified atom stereocenters. The van der Waals surface area contributed by atoms with E-state index in [4.69, 9.17) is 5.26 Å². The minimum atomic E-state index is 0.672. The van der Waals surface area contributed by atoms with Crippen LogP contribution < -0.4 is 5.32 Å². The molecule has 0 fully saturated rings. The molecule has 0 radical (unpaired) electrons. The highest BCUT2D eigenvalue weighted by atomic mass is 15.3. The number of aromatic nitrogens is 3. The average molecular weight is 229 g/mol. The molecule has 17 heavy (non-hydrogen) atoms. The summed E-state index contributed by atoms with van der Waals surface area (Å²) in [5.41, 5.74) is 2.76. The third-order valence-electron chi connectivity index (χ3n) is 2.63. The van der Waals surface area contributed by atoms with E-state index >= 15 is 0 Å². The van der Waals surface area contributed by atoms with Crippen LogP contribution in [0.4, 0.5) is 5.69 Å². The van der Waals surface area contributed by atoms with E-state index in [1.807, 2.05) is 41.7 Å². The van der Waals surface area contributed by atoms with Crippen LogP contribution in [0.3, 0.4) is 0 Å². The molecule has 0 amide bonds. The lowest BCUT2D eigenvalue weighted by Gasteiger charge is -2.00. The van der Waals surface area contributed by atoms with Gasteiger partial charge in [-0.15, -0.1) is 0 Å². The number of nitrogens with zero attached hydrogens (tertiary/aromatic N) is 4. The molecule has 0 aliphatic carbocycles. The van der Waals surface area contributed by atoms with Crippen molar-refractivity contribution in [3.63, 3.8) is 0 Å². The topological polar surface area (TPSA) is 58.6 Å². The molecular weight excluding hydrogens is 214 g/mol. The Morgan fingerprint density at radius 1 is 1.47 bits per heavy atom. The van der Waals surface area contributed by atoms with Gasteiger partial charge < -0.3 is 9.88 Å². The quantitative estimate of drug-likeness (QED) is 0.868. The first-order chi connectivity index (χ1) is 8.22. The first kappa shape index (κ1) is 11.3. The summed E-state index contributed by atoms with van der Waals surface area (Å²) in [6.07, 6.45) is 5.72. The molecule has 5 heteroatoms. The van der Waals surface area contributed by atoms with Crippen molar-refractivity contribution in [3.05, 3.63) is 35.9 Å². The fraction of sp³-hybridized carbons (Fsp3) is 0.333. The minimum absolute atomic E-state index is 0.672. The molecule has 0 bridgehead atoms. The van der Waals surface area contributed by atoms with E-state index in [9.17, 15) is 0 Å². The molecule has 1 N–H and O–H groups in total. The molecule has 2 aromatic rings. The van der Waals surface area contributed by atoms with E-state index < -0.39 is 0 Å². The van der Waals surface area contributed by atoms with Crippen molar-refractivity contribution in [1.29, 1.82) is 5.26 Å². The number of aryl methyl sites for hydroxylation is 2. The Morgan fingerprint density at radius 2 is 2.29 bits per heavy atom. The SMILES string of the molecule is CCn1cc(NCc2cc(C#N)n(C)c2)cn1. The lowest BCUT2D eigenvalue weighted by molar-refractivity contribution is 0.660. The molecule has 5 nitrogen and oxygen atoms in total. The maximum Gasteiger partial charge on any atom is 0.120 e. The first-order valence-electron chi connectivity index (χ1n) is 5.54. The molecule has 0 aromatic carbocycles. The Balaban J connectivity index is 2.00. The van der Waals surface area contributed by atoms with Crippen molar-refractivity contribution >= 4 is 5.69 Å². The third-order valence-corrected chi connectivity index (χ3v) is 2.63. The first-order valence-corrected chi connectivity index (χ1v) is 5.54. The number of rotatable bonds is 4. The van der Waals surface area contributed by atoms with Crippen LogP contribution in [0.15, 0.2) is 24.7 Å². The fourth-order valence-corrected chi connectivity index (χ4v) is 1.67. The van der Waals surface area contributed by atoms with E-state index in [1.165, 1.54) is 0 Å². The molecule has 2 aromatic heterocycles. The monoisotopic (exact) mass is 229 g/mol. The zero-order valence-electron chi connectivity index (χ0n) is 10.0. The van der Waals surface area contributed by atoms with E-state index in [0.29, 0.717) is 12.2 Å². The van der Waals surface area contributed by atoms with Gasteiger partial charge >= 0.3 is 0 Å². The van der Waals surface area contributed by atoms with Gasteiger partial charge in [0.05, 0.1) is 11.9 Å². The number of hydrogen-bond donors (Lipinski definition) is 1. The normalized spacial score (nSPS) is 10.2. The Bertz CT molecular complexity index is 543. The number of anilines is 1. The molecule has 0 spiro atoms. The Kier molecular flexibility index (Phi) is 3.15. The molecule has 0 aliphatic rings. The summed E-state index contributed by atoms with van der Waals surface area (Å²) < 4.78 is 3.69. The van der Waals surface area contributed by atoms with Crippen molar-refractivity contribution in [1.82, 2.24) is 14.3 Å². The molecule has 2 heterocycles. The minimum Gasteiger partial charge on any atom is -0.378 e. The van der Waals surface area contributed by atoms with E-state index in [1.54, 1.807) is 6.20 Å². The molecule has 88 valence electrons. The Morgan fingerprint density at radius 3 is 2.88 bits per heavy atom. The predicted octanol–water partition coefficient (Wildman–Crippen LogP) is 1.73. The van der Waals surface area contributed by atoms with Gasteiger partial charge in [-0.3, -0.25) is 4.68 Å². The van der Waals surface area contributed by atoms with E-state index in [2.05, 4.69) is 16.5 Å². The molecule has 0 saturated heterocycles. The number of hydrogen-bond acceptors (Lipinski definition) is 3. The van der Waals surface area contributed by atoms with Gasteiger partial charge in [-0.2, -0.15) is 10.4 Å². The van der Waals surface area contributed by atoms with Gasteiger partial charge in [-0.1, -0.05) is 0 Å². The summed E-state index contributed by atoms with van der Waals surface area (Å²) in [6, 6.07) is 4.03. The smallest absolute Gasteiger partial charge is 0.120 e. The third kappa shape index (κ3) is 2.48. The van der Waals surface area contributed by atoms with Crippen LogP contribution >= 0.6 is 0 Å². The highest BCUT2D eigenvalue weighted by Gasteiger charge is 2.02. The van der Waals surface area contributed by atoms with Crippen LogP contribution in [0.2, 0.25) is 0 Å². The van der Waals surface area contributed by atoms with Crippen molar-refractivity contribution in [2.24, 2.45) is 7.05 Å². The van der Waals surface area contributed by atoms with Crippen LogP contribution in [0.25, 0.3) is 0 Å². The molecule has 0 aliphatic heterocycles. The lowest BCUT2D eigenvalue weighted by Crippen LogP contribution is -1.97. The zero-order chi connectivity index (χ0) is 12.3. The highest BCUT2D eigenvalue weighted by Crippen LogP contribution is 2.10. The average Bonchev–Trinajstić information content (AvgIpc) is 2.92. The molecule has 0 atom stereocenters. The molecule has 2 rings (SSSR count). The van der Waals surface area contributed by atoms with Gasteiger partial charge in [0, 0.05) is 32.5 Å². The van der Waals surface area contributed by atoms with Crippen LogP contribution in [0.1, 0.15) is 18.2 Å². The number of nitriles is 1. The summed E-state index contributed by atoms with van der Waals surface area (Å²) >= 11 is 0. The van der Waals surface area contributed by atoms with Crippen LogP contribution in [0.5, 0.6) is 0 Å². The largest absolute Gasteiger partial charge is 0.378 e. The summed E-state index contributed by atoms with van der Waals surface area (Å²) in [4.78, 5) is 0. The summed E-state index contributed by atoms with van der Waals surface area (Å²) in [5, 5.41) is 16.3. The predicted molar refractivity (Wildman–Crippen MR) is 65.4 cm³/mol. The highest BCUT2D eigenvalue weighted by molar-refractivity contribution is 5.40. The summed E-state index contributed by atoms with van der Waals surface area (Å²) in [6.45, 7) is 3.61. The summed E-state index contributed by atoms with van der Waals surface area (Å²) in [7, 11) is 1.87. The second-order valence-corrected chi connectivity index (χ2v) is 3.89. The zero-order valence-corrected chi connectivity index (χ0v) is 10.0. The fourth-order valence-electron chi connectivity index (χ4n) is 1.67. The standard InChI is InChI=1S/C12H15N5/c1-3-17-9-11(7-15-17)14-6-10-4-12(5-13)16(2)8-10/h4,7-9,14H,3,6H2,1-2H3. The van der Waals surface area contributed by atoms with Crippen LogP contribution in [-0.2, 0) is 20.1 Å². The lowest BCUT2D eigenvalue weighted by atomic mass is 10.3. The second kappa shape index (κ2) is 4.74.